The maximum absolute atomic E-state index is 13.5. The summed E-state index contributed by atoms with van der Waals surface area (Å²) < 4.78 is 13.5. The minimum Gasteiger partial charge on any atom is -0.426 e. The Kier molecular flexibility index (Phi) is 3.92. The van der Waals surface area contributed by atoms with Gasteiger partial charge in [0.05, 0.1) is 5.94 Å². The highest BCUT2D eigenvalue weighted by atomic mass is 19.1. The first-order valence-corrected chi connectivity index (χ1v) is 6.33. The molecule has 102 valence electrons. The van der Waals surface area contributed by atoms with Crippen molar-refractivity contribution in [3.05, 3.63) is 35.6 Å². The number of hydrogen-bond donors (Lipinski definition) is 3. The van der Waals surface area contributed by atoms with Crippen LogP contribution in [0.15, 0.2) is 24.3 Å². The van der Waals surface area contributed by atoms with Gasteiger partial charge in [0.1, 0.15) is 5.82 Å². The lowest BCUT2D eigenvalue weighted by atomic mass is 9.75. The van der Waals surface area contributed by atoms with Crippen molar-refractivity contribution in [3.8, 4) is 0 Å². The first-order chi connectivity index (χ1) is 8.92. The average Bonchev–Trinajstić information content (AvgIpc) is 3.10. The van der Waals surface area contributed by atoms with Crippen molar-refractivity contribution in [1.29, 1.82) is 0 Å². The molecule has 1 fully saturated rings. The quantitative estimate of drug-likeness (QED) is 0.685. The molecule has 1 aliphatic carbocycles. The maximum atomic E-state index is 13.5. The molecule has 0 radical (unpaired) electrons. The standard InChI is InChI=1S/C13H17BFNO3/c1-13(6-7-13)12(17)16-11(14(18)19)8-9-4-2-3-5-10(9)15/h2-5,11,18-19H,6-8H2,1H3,(H,16,17)/t11-/m0/s1. The summed E-state index contributed by atoms with van der Waals surface area (Å²) in [6, 6.07) is 6.10. The van der Waals surface area contributed by atoms with Gasteiger partial charge in [-0.25, -0.2) is 4.39 Å². The van der Waals surface area contributed by atoms with E-state index in [9.17, 15) is 19.2 Å². The first kappa shape index (κ1) is 14.0. The molecule has 0 saturated heterocycles. The Morgan fingerprint density at radius 3 is 2.63 bits per heavy atom. The van der Waals surface area contributed by atoms with Gasteiger partial charge >= 0.3 is 7.12 Å². The van der Waals surface area contributed by atoms with Crippen LogP contribution >= 0.6 is 0 Å². The van der Waals surface area contributed by atoms with E-state index in [0.717, 1.165) is 12.8 Å². The van der Waals surface area contributed by atoms with Gasteiger partial charge in [-0.1, -0.05) is 25.1 Å². The molecule has 1 atom stereocenters. The Morgan fingerprint density at radius 2 is 2.11 bits per heavy atom. The van der Waals surface area contributed by atoms with Crippen LogP contribution in [0.3, 0.4) is 0 Å². The van der Waals surface area contributed by atoms with Crippen LogP contribution in [0.25, 0.3) is 0 Å². The van der Waals surface area contributed by atoms with Crippen molar-refractivity contribution in [2.24, 2.45) is 5.41 Å². The summed E-state index contributed by atoms with van der Waals surface area (Å²) in [5, 5.41) is 21.2. The van der Waals surface area contributed by atoms with E-state index in [-0.39, 0.29) is 12.3 Å². The molecule has 1 aromatic carbocycles. The summed E-state index contributed by atoms with van der Waals surface area (Å²) in [5.41, 5.74) is -0.0515. The SMILES string of the molecule is CC1(C(=O)N[C@@H](Cc2ccccc2F)B(O)O)CC1. The van der Waals surface area contributed by atoms with Gasteiger partial charge in [0.25, 0.3) is 0 Å². The second-order valence-corrected chi connectivity index (χ2v) is 5.35. The molecule has 4 nitrogen and oxygen atoms in total. The third kappa shape index (κ3) is 3.33. The molecular formula is C13H17BFNO3. The lowest BCUT2D eigenvalue weighted by Gasteiger charge is -2.20. The molecule has 6 heteroatoms. The zero-order valence-electron chi connectivity index (χ0n) is 10.8. The number of carbonyl (C=O) groups is 1. The van der Waals surface area contributed by atoms with E-state index >= 15 is 0 Å². The Hall–Kier alpha value is -1.40. The first-order valence-electron chi connectivity index (χ1n) is 6.33. The van der Waals surface area contributed by atoms with Crippen LogP contribution in [0.5, 0.6) is 0 Å². The van der Waals surface area contributed by atoms with E-state index in [1.54, 1.807) is 18.2 Å². The number of benzene rings is 1. The fourth-order valence-electron chi connectivity index (χ4n) is 1.89. The summed E-state index contributed by atoms with van der Waals surface area (Å²) in [6.45, 7) is 1.83. The topological polar surface area (TPSA) is 69.6 Å². The Balaban J connectivity index is 2.04. The average molecular weight is 265 g/mol. The van der Waals surface area contributed by atoms with Crippen molar-refractivity contribution in [2.45, 2.75) is 32.1 Å². The molecule has 0 aliphatic heterocycles. The van der Waals surface area contributed by atoms with Gasteiger partial charge in [-0.3, -0.25) is 4.79 Å². The van der Waals surface area contributed by atoms with Crippen LogP contribution in [0.2, 0.25) is 0 Å². The zero-order valence-corrected chi connectivity index (χ0v) is 10.8. The molecule has 0 heterocycles. The molecule has 1 aromatic rings. The molecule has 1 aliphatic rings. The van der Waals surface area contributed by atoms with Crippen LogP contribution in [0.4, 0.5) is 4.39 Å². The van der Waals surface area contributed by atoms with Crippen molar-refractivity contribution >= 4 is 13.0 Å². The van der Waals surface area contributed by atoms with Crippen molar-refractivity contribution in [2.75, 3.05) is 0 Å². The van der Waals surface area contributed by atoms with E-state index in [1.807, 2.05) is 6.92 Å². The van der Waals surface area contributed by atoms with Crippen LogP contribution in [0.1, 0.15) is 25.3 Å². The minimum absolute atomic E-state index is 0.0478. The highest BCUT2D eigenvalue weighted by Crippen LogP contribution is 2.45. The molecule has 0 bridgehead atoms. The number of rotatable bonds is 5. The molecule has 3 N–H and O–H groups in total. The lowest BCUT2D eigenvalue weighted by molar-refractivity contribution is -0.126. The van der Waals surface area contributed by atoms with Crippen LogP contribution in [-0.4, -0.2) is 29.0 Å². The predicted octanol–water partition coefficient (Wildman–Crippen LogP) is 0.665. The second-order valence-electron chi connectivity index (χ2n) is 5.35. The number of nitrogens with one attached hydrogen (secondary N) is 1. The van der Waals surface area contributed by atoms with Crippen molar-refractivity contribution in [3.63, 3.8) is 0 Å². The monoisotopic (exact) mass is 265 g/mol. The van der Waals surface area contributed by atoms with E-state index in [1.165, 1.54) is 6.07 Å². The minimum atomic E-state index is -1.72. The van der Waals surface area contributed by atoms with Gasteiger partial charge in [0.15, 0.2) is 0 Å². The number of amides is 1. The van der Waals surface area contributed by atoms with E-state index < -0.39 is 24.3 Å². The highest BCUT2D eigenvalue weighted by molar-refractivity contribution is 6.43. The smallest absolute Gasteiger partial charge is 0.426 e. The van der Waals surface area contributed by atoms with Crippen molar-refractivity contribution in [1.82, 2.24) is 5.32 Å². The molecule has 19 heavy (non-hydrogen) atoms. The van der Waals surface area contributed by atoms with E-state index in [4.69, 9.17) is 0 Å². The van der Waals surface area contributed by atoms with Crippen LogP contribution < -0.4 is 5.32 Å². The lowest BCUT2D eigenvalue weighted by Crippen LogP contribution is -2.49. The highest BCUT2D eigenvalue weighted by Gasteiger charge is 2.46. The molecular weight excluding hydrogens is 248 g/mol. The molecule has 2 rings (SSSR count). The largest absolute Gasteiger partial charge is 0.475 e. The van der Waals surface area contributed by atoms with Crippen molar-refractivity contribution < 1.29 is 19.2 Å². The van der Waals surface area contributed by atoms with Gasteiger partial charge in [0, 0.05) is 5.41 Å². The molecule has 0 unspecified atom stereocenters. The van der Waals surface area contributed by atoms with Gasteiger partial charge in [-0.05, 0) is 30.9 Å². The van der Waals surface area contributed by atoms with Gasteiger partial charge in [0.2, 0.25) is 5.91 Å². The Bertz CT molecular complexity index is 477. The fourth-order valence-corrected chi connectivity index (χ4v) is 1.89. The number of halogens is 1. The van der Waals surface area contributed by atoms with E-state index in [2.05, 4.69) is 5.32 Å². The van der Waals surface area contributed by atoms with Gasteiger partial charge in [-0.2, -0.15) is 0 Å². The summed E-state index contributed by atoms with van der Waals surface area (Å²) >= 11 is 0. The third-order valence-corrected chi connectivity index (χ3v) is 3.62. The fraction of sp³-hybridized carbons (Fsp3) is 0.462. The molecule has 1 amide bonds. The maximum Gasteiger partial charge on any atom is 0.475 e. The molecule has 0 aromatic heterocycles. The van der Waals surface area contributed by atoms with Gasteiger partial charge in [-0.15, -0.1) is 0 Å². The van der Waals surface area contributed by atoms with Crippen LogP contribution in [0, 0.1) is 11.2 Å². The Morgan fingerprint density at radius 1 is 1.47 bits per heavy atom. The normalized spacial score (nSPS) is 17.7. The summed E-state index contributed by atoms with van der Waals surface area (Å²) in [7, 11) is -1.72. The number of carbonyl (C=O) groups excluding carboxylic acids is 1. The Labute approximate surface area is 111 Å². The number of hydrogen-bond acceptors (Lipinski definition) is 3. The summed E-state index contributed by atoms with van der Waals surface area (Å²) in [5.74, 6) is -1.52. The second kappa shape index (κ2) is 5.31. The van der Waals surface area contributed by atoms with Gasteiger partial charge < -0.3 is 15.4 Å². The van der Waals surface area contributed by atoms with Crippen LogP contribution in [-0.2, 0) is 11.2 Å². The van der Waals surface area contributed by atoms with E-state index in [0.29, 0.717) is 5.56 Å². The molecule has 0 spiro atoms. The third-order valence-electron chi connectivity index (χ3n) is 3.62. The zero-order chi connectivity index (χ0) is 14.0. The summed E-state index contributed by atoms with van der Waals surface area (Å²) in [4.78, 5) is 11.9. The predicted molar refractivity (Wildman–Crippen MR) is 69.6 cm³/mol. The summed E-state index contributed by atoms with van der Waals surface area (Å²) in [6.07, 6.45) is 1.64. The molecule has 1 saturated carbocycles.